The largest absolute Gasteiger partial charge is 0.490 e. The van der Waals surface area contributed by atoms with Gasteiger partial charge in [-0.25, -0.2) is 9.97 Å². The first-order valence-electron chi connectivity index (χ1n) is 9.50. The molecule has 1 aromatic carbocycles. The van der Waals surface area contributed by atoms with Crippen molar-refractivity contribution in [2.45, 2.75) is 58.9 Å². The molecule has 0 aliphatic rings. The third-order valence-electron chi connectivity index (χ3n) is 4.07. The number of fused-ring (bicyclic) bond motifs is 1. The third-order valence-corrected chi connectivity index (χ3v) is 4.85. The Hall–Kier alpha value is -2.35. The maximum Gasteiger partial charge on any atom is 0.389 e. The van der Waals surface area contributed by atoms with Crippen LogP contribution in [-0.4, -0.2) is 28.3 Å². The van der Waals surface area contributed by atoms with Crippen molar-refractivity contribution in [3.63, 3.8) is 0 Å². The normalized spacial score (nSPS) is 12.2. The molecule has 0 saturated carbocycles. The van der Waals surface area contributed by atoms with Crippen molar-refractivity contribution in [2.75, 3.05) is 5.32 Å². The zero-order valence-corrected chi connectivity index (χ0v) is 17.6. The Morgan fingerprint density at radius 3 is 2.48 bits per heavy atom. The lowest BCUT2D eigenvalue weighted by Gasteiger charge is -2.14. The molecule has 0 saturated heterocycles. The summed E-state index contributed by atoms with van der Waals surface area (Å²) in [5, 5.41) is 6.73. The summed E-state index contributed by atoms with van der Waals surface area (Å²) >= 11 is 1.48. The van der Waals surface area contributed by atoms with Crippen LogP contribution in [0.1, 0.15) is 39.7 Å². The maximum absolute atomic E-state index is 12.6. The first kappa shape index (κ1) is 21.4. The van der Waals surface area contributed by atoms with Gasteiger partial charge in [-0.1, -0.05) is 6.07 Å². The third kappa shape index (κ3) is 5.82. The van der Waals surface area contributed by atoms with Crippen LogP contribution in [0.3, 0.4) is 0 Å². The number of anilines is 1. The molecule has 8 heteroatoms. The number of hydrogen-bond donors (Lipinski definition) is 1. The minimum atomic E-state index is -4.18. The first-order chi connectivity index (χ1) is 13.6. The van der Waals surface area contributed by atoms with Crippen LogP contribution >= 0.6 is 11.3 Å². The minimum Gasteiger partial charge on any atom is -0.490 e. The molecule has 4 nitrogen and oxygen atoms in total. The molecule has 0 spiro atoms. The van der Waals surface area contributed by atoms with Crippen LogP contribution < -0.4 is 10.1 Å². The smallest absolute Gasteiger partial charge is 0.389 e. The van der Waals surface area contributed by atoms with Gasteiger partial charge in [0, 0.05) is 29.3 Å². The number of hydrogen-bond acceptors (Lipinski definition) is 5. The quantitative estimate of drug-likeness (QED) is 0.474. The number of nitrogens with zero attached hydrogens (tertiary/aromatic N) is 2. The van der Waals surface area contributed by atoms with E-state index in [4.69, 9.17) is 4.74 Å². The fourth-order valence-electron chi connectivity index (χ4n) is 2.87. The van der Waals surface area contributed by atoms with Crippen molar-refractivity contribution in [2.24, 2.45) is 0 Å². The summed E-state index contributed by atoms with van der Waals surface area (Å²) in [4.78, 5) is 9.25. The first-order valence-corrected chi connectivity index (χ1v) is 10.4. The van der Waals surface area contributed by atoms with Crippen LogP contribution in [0.25, 0.3) is 22.3 Å². The number of nitrogens with one attached hydrogen (secondary N) is 1. The van der Waals surface area contributed by atoms with Gasteiger partial charge in [0.2, 0.25) is 0 Å². The lowest BCUT2D eigenvalue weighted by atomic mass is 10.1. The molecule has 2 aromatic heterocycles. The molecule has 0 unspecified atom stereocenters. The fourth-order valence-corrected chi connectivity index (χ4v) is 3.72. The van der Waals surface area contributed by atoms with Gasteiger partial charge in [0.1, 0.15) is 11.4 Å². The van der Waals surface area contributed by atoms with E-state index in [1.807, 2.05) is 39.1 Å². The molecule has 0 radical (unpaired) electrons. The number of benzene rings is 1. The molecule has 3 aromatic rings. The van der Waals surface area contributed by atoms with Crippen LogP contribution in [-0.2, 0) is 6.42 Å². The fraction of sp³-hybridized carbons (Fsp3) is 0.429. The van der Waals surface area contributed by atoms with Gasteiger partial charge in [-0.2, -0.15) is 13.2 Å². The van der Waals surface area contributed by atoms with E-state index in [9.17, 15) is 13.2 Å². The molecule has 0 atom stereocenters. The molecule has 2 heterocycles. The Labute approximate surface area is 172 Å². The summed E-state index contributed by atoms with van der Waals surface area (Å²) in [6.07, 6.45) is -5.17. The Balaban J connectivity index is 2.01. The van der Waals surface area contributed by atoms with Crippen LogP contribution in [0.5, 0.6) is 5.75 Å². The number of thiazole rings is 1. The van der Waals surface area contributed by atoms with Gasteiger partial charge in [0.15, 0.2) is 5.13 Å². The summed E-state index contributed by atoms with van der Waals surface area (Å²) in [5.74, 6) is 0.647. The van der Waals surface area contributed by atoms with E-state index in [1.165, 1.54) is 11.3 Å². The number of aryl methyl sites for hydroxylation is 1. The van der Waals surface area contributed by atoms with Gasteiger partial charge in [-0.3, -0.25) is 0 Å². The van der Waals surface area contributed by atoms with Gasteiger partial charge in [-0.15, -0.1) is 11.3 Å². The Bertz CT molecular complexity index is 983. The second kappa shape index (κ2) is 8.57. The van der Waals surface area contributed by atoms with Gasteiger partial charge >= 0.3 is 6.18 Å². The van der Waals surface area contributed by atoms with E-state index in [0.29, 0.717) is 28.2 Å². The number of aromatic nitrogens is 2. The van der Waals surface area contributed by atoms with E-state index in [2.05, 4.69) is 15.3 Å². The van der Waals surface area contributed by atoms with E-state index < -0.39 is 12.6 Å². The van der Waals surface area contributed by atoms with Crippen molar-refractivity contribution < 1.29 is 17.9 Å². The van der Waals surface area contributed by atoms with Crippen molar-refractivity contribution in [3.8, 4) is 17.1 Å². The van der Waals surface area contributed by atoms with Crippen LogP contribution in [0.2, 0.25) is 0 Å². The maximum atomic E-state index is 12.6. The van der Waals surface area contributed by atoms with Crippen LogP contribution in [0.15, 0.2) is 29.6 Å². The predicted octanol–water partition coefficient (Wildman–Crippen LogP) is 6.46. The van der Waals surface area contributed by atoms with Crippen molar-refractivity contribution in [1.82, 2.24) is 9.97 Å². The van der Waals surface area contributed by atoms with Crippen molar-refractivity contribution in [1.29, 1.82) is 0 Å². The molecule has 0 aliphatic heterocycles. The molecule has 0 fully saturated rings. The van der Waals surface area contributed by atoms with E-state index in [1.54, 1.807) is 18.2 Å². The number of alkyl halides is 3. The summed E-state index contributed by atoms with van der Waals surface area (Å²) in [6, 6.07) is 7.29. The number of ether oxygens (including phenoxy) is 1. The summed E-state index contributed by atoms with van der Waals surface area (Å²) in [5.41, 5.74) is 2.53. The Morgan fingerprint density at radius 2 is 1.83 bits per heavy atom. The molecular formula is C21H24F3N3OS. The van der Waals surface area contributed by atoms with Gasteiger partial charge in [0.25, 0.3) is 0 Å². The highest BCUT2D eigenvalue weighted by atomic mass is 32.1. The molecule has 0 bridgehead atoms. The molecule has 29 heavy (non-hydrogen) atoms. The average Bonchev–Trinajstić information content (AvgIpc) is 3.06. The molecule has 0 aliphatic carbocycles. The highest BCUT2D eigenvalue weighted by Gasteiger charge is 2.26. The molecule has 156 valence electrons. The summed E-state index contributed by atoms with van der Waals surface area (Å²) in [7, 11) is 0. The van der Waals surface area contributed by atoms with Gasteiger partial charge < -0.3 is 10.1 Å². The lowest BCUT2D eigenvalue weighted by Crippen LogP contribution is -2.09. The van der Waals surface area contributed by atoms with Gasteiger partial charge in [0.05, 0.1) is 17.3 Å². The molecule has 3 rings (SSSR count). The molecule has 1 N–H and O–H groups in total. The average molecular weight is 424 g/mol. The number of pyridine rings is 1. The Morgan fingerprint density at radius 1 is 1.07 bits per heavy atom. The topological polar surface area (TPSA) is 47.0 Å². The van der Waals surface area contributed by atoms with Crippen LogP contribution in [0, 0.1) is 0 Å². The summed E-state index contributed by atoms with van der Waals surface area (Å²) in [6.45, 7) is 7.92. The van der Waals surface area contributed by atoms with Crippen LogP contribution in [0.4, 0.5) is 18.3 Å². The van der Waals surface area contributed by atoms with E-state index >= 15 is 0 Å². The summed E-state index contributed by atoms with van der Waals surface area (Å²) < 4.78 is 43.7. The van der Waals surface area contributed by atoms with Gasteiger partial charge in [-0.05, 0) is 51.8 Å². The molecular weight excluding hydrogens is 399 g/mol. The second-order valence-electron chi connectivity index (χ2n) is 7.48. The number of halogens is 3. The highest BCUT2D eigenvalue weighted by molar-refractivity contribution is 7.14. The predicted molar refractivity (Wildman–Crippen MR) is 112 cm³/mol. The highest BCUT2D eigenvalue weighted by Crippen LogP contribution is 2.33. The van der Waals surface area contributed by atoms with E-state index in [0.717, 1.165) is 10.5 Å². The van der Waals surface area contributed by atoms with Crippen molar-refractivity contribution in [3.05, 3.63) is 35.2 Å². The SMILES string of the molecule is CC(C)Nc1nc(-c2cc(OC(C)C)c3ccc(CCC(F)(F)F)cc3n2)cs1. The number of rotatable bonds is 7. The molecule has 0 amide bonds. The zero-order valence-electron chi connectivity index (χ0n) is 16.8. The Kier molecular flexibility index (Phi) is 6.31. The van der Waals surface area contributed by atoms with Crippen molar-refractivity contribution >= 4 is 27.4 Å². The monoisotopic (exact) mass is 423 g/mol. The second-order valence-corrected chi connectivity index (χ2v) is 8.33. The van der Waals surface area contributed by atoms with E-state index in [-0.39, 0.29) is 18.6 Å². The standard InChI is InChI=1S/C21H24F3N3OS/c1-12(2)25-20-27-18(11-29-20)17-10-19(28-13(3)4)15-6-5-14(9-16(15)26-17)7-8-21(22,23)24/h5-6,9-13H,7-8H2,1-4H3,(H,25,27). The minimum absolute atomic E-state index is 0.0491. The lowest BCUT2D eigenvalue weighted by molar-refractivity contribution is -0.133. The zero-order chi connectivity index (χ0) is 21.2.